The van der Waals surface area contributed by atoms with Crippen molar-refractivity contribution in [2.45, 2.75) is 19.4 Å². The average Bonchev–Trinajstić information content (AvgIpc) is 2.63. The van der Waals surface area contributed by atoms with Crippen molar-refractivity contribution in [3.05, 3.63) is 22.4 Å². The zero-order valence-electron chi connectivity index (χ0n) is 8.08. The van der Waals surface area contributed by atoms with Gasteiger partial charge in [0.2, 0.25) is 0 Å². The van der Waals surface area contributed by atoms with Crippen molar-refractivity contribution in [1.29, 1.82) is 0 Å². The van der Waals surface area contributed by atoms with E-state index in [0.29, 0.717) is 0 Å². The Morgan fingerprint density at radius 2 is 2.38 bits per heavy atom. The average molecular weight is 199 g/mol. The van der Waals surface area contributed by atoms with Gasteiger partial charge in [0.05, 0.1) is 0 Å². The van der Waals surface area contributed by atoms with Gasteiger partial charge in [-0.25, -0.2) is 0 Å². The van der Waals surface area contributed by atoms with Gasteiger partial charge >= 0.3 is 0 Å². The fourth-order valence-electron chi connectivity index (χ4n) is 1.12. The van der Waals surface area contributed by atoms with Gasteiger partial charge in [-0.2, -0.15) is 0 Å². The van der Waals surface area contributed by atoms with E-state index in [1.54, 1.807) is 18.4 Å². The van der Waals surface area contributed by atoms with Gasteiger partial charge in [-0.3, -0.25) is 0 Å². The van der Waals surface area contributed by atoms with Crippen molar-refractivity contribution in [2.75, 3.05) is 20.3 Å². The van der Waals surface area contributed by atoms with Crippen LogP contribution < -0.4 is 5.32 Å². The molecule has 1 heterocycles. The Hall–Kier alpha value is -0.380. The van der Waals surface area contributed by atoms with Crippen LogP contribution in [0.2, 0.25) is 0 Å². The highest BCUT2D eigenvalue weighted by Gasteiger charge is 1.92. The lowest BCUT2D eigenvalue weighted by Gasteiger charge is -2.02. The molecule has 0 aliphatic heterocycles. The van der Waals surface area contributed by atoms with Gasteiger partial charge in [-0.1, -0.05) is 6.07 Å². The Balaban J connectivity index is 1.90. The van der Waals surface area contributed by atoms with Crippen LogP contribution >= 0.6 is 11.3 Å². The summed E-state index contributed by atoms with van der Waals surface area (Å²) in [4.78, 5) is 1.41. The summed E-state index contributed by atoms with van der Waals surface area (Å²) in [6, 6.07) is 4.25. The van der Waals surface area contributed by atoms with Gasteiger partial charge in [-0.15, -0.1) is 11.3 Å². The Morgan fingerprint density at radius 1 is 1.46 bits per heavy atom. The fraction of sp³-hybridized carbons (Fsp3) is 0.600. The summed E-state index contributed by atoms with van der Waals surface area (Å²) in [6.07, 6.45) is 2.34. The van der Waals surface area contributed by atoms with Gasteiger partial charge in [0.25, 0.3) is 0 Å². The molecular formula is C10H17NOS. The molecule has 74 valence electrons. The van der Waals surface area contributed by atoms with Gasteiger partial charge in [0, 0.05) is 25.1 Å². The van der Waals surface area contributed by atoms with Crippen LogP contribution in [0.25, 0.3) is 0 Å². The molecule has 0 unspecified atom stereocenters. The Kier molecular flexibility index (Phi) is 5.81. The van der Waals surface area contributed by atoms with Crippen LogP contribution in [0.15, 0.2) is 17.5 Å². The van der Waals surface area contributed by atoms with Gasteiger partial charge in [0.15, 0.2) is 0 Å². The zero-order chi connectivity index (χ0) is 9.36. The van der Waals surface area contributed by atoms with E-state index in [2.05, 4.69) is 22.8 Å². The third-order valence-corrected chi connectivity index (χ3v) is 2.71. The number of hydrogen-bond donors (Lipinski definition) is 1. The summed E-state index contributed by atoms with van der Waals surface area (Å²) in [7, 11) is 1.75. The molecule has 0 spiro atoms. The molecule has 2 nitrogen and oxygen atoms in total. The molecule has 3 heteroatoms. The molecule has 13 heavy (non-hydrogen) atoms. The highest BCUT2D eigenvalue weighted by atomic mass is 32.1. The molecule has 0 aromatic carbocycles. The van der Waals surface area contributed by atoms with Gasteiger partial charge < -0.3 is 10.1 Å². The number of ether oxygens (including phenoxy) is 1. The lowest BCUT2D eigenvalue weighted by Crippen LogP contribution is -2.14. The number of thiophene rings is 1. The largest absolute Gasteiger partial charge is 0.385 e. The minimum Gasteiger partial charge on any atom is -0.385 e. The van der Waals surface area contributed by atoms with Crippen molar-refractivity contribution >= 4 is 11.3 Å². The van der Waals surface area contributed by atoms with Crippen LogP contribution in [0, 0.1) is 0 Å². The molecule has 1 rings (SSSR count). The molecule has 0 saturated heterocycles. The van der Waals surface area contributed by atoms with E-state index in [9.17, 15) is 0 Å². The quantitative estimate of drug-likeness (QED) is 0.680. The number of unbranched alkanes of at least 4 members (excludes halogenated alkanes) is 1. The van der Waals surface area contributed by atoms with E-state index in [-0.39, 0.29) is 0 Å². The number of methoxy groups -OCH3 is 1. The van der Waals surface area contributed by atoms with E-state index >= 15 is 0 Å². The third-order valence-electron chi connectivity index (χ3n) is 1.83. The third kappa shape index (κ3) is 5.03. The minimum absolute atomic E-state index is 0.876. The van der Waals surface area contributed by atoms with Crippen LogP contribution in [0.4, 0.5) is 0 Å². The first kappa shape index (κ1) is 10.7. The van der Waals surface area contributed by atoms with E-state index in [1.165, 1.54) is 11.3 Å². The second kappa shape index (κ2) is 7.06. The molecule has 0 bridgehead atoms. The molecular weight excluding hydrogens is 182 g/mol. The molecule has 0 fully saturated rings. The van der Waals surface area contributed by atoms with Crippen molar-refractivity contribution < 1.29 is 4.74 Å². The Labute approximate surface area is 83.9 Å². The van der Waals surface area contributed by atoms with E-state index < -0.39 is 0 Å². The highest BCUT2D eigenvalue weighted by molar-refractivity contribution is 7.09. The monoisotopic (exact) mass is 199 g/mol. The van der Waals surface area contributed by atoms with Gasteiger partial charge in [-0.05, 0) is 30.8 Å². The Bertz CT molecular complexity index is 199. The van der Waals surface area contributed by atoms with Gasteiger partial charge in [0.1, 0.15) is 0 Å². The van der Waals surface area contributed by atoms with Crippen molar-refractivity contribution in [2.24, 2.45) is 0 Å². The minimum atomic E-state index is 0.876. The predicted octanol–water partition coefficient (Wildman–Crippen LogP) is 2.26. The maximum Gasteiger partial charge on any atom is 0.0462 e. The molecule has 0 amide bonds. The molecule has 0 aliphatic rings. The smallest absolute Gasteiger partial charge is 0.0462 e. The van der Waals surface area contributed by atoms with E-state index in [0.717, 1.165) is 26.1 Å². The highest BCUT2D eigenvalue weighted by Crippen LogP contribution is 2.07. The first-order chi connectivity index (χ1) is 6.43. The zero-order valence-corrected chi connectivity index (χ0v) is 8.90. The molecule has 1 aromatic rings. The van der Waals surface area contributed by atoms with Crippen LogP contribution in [0.1, 0.15) is 17.7 Å². The first-order valence-corrected chi connectivity index (χ1v) is 5.53. The molecule has 0 atom stereocenters. The summed E-state index contributed by atoms with van der Waals surface area (Å²) < 4.78 is 4.97. The first-order valence-electron chi connectivity index (χ1n) is 4.65. The second-order valence-electron chi connectivity index (χ2n) is 2.96. The Morgan fingerprint density at radius 3 is 3.08 bits per heavy atom. The molecule has 0 saturated carbocycles. The number of rotatable bonds is 7. The number of hydrogen-bond acceptors (Lipinski definition) is 3. The fourth-order valence-corrected chi connectivity index (χ4v) is 1.80. The molecule has 1 N–H and O–H groups in total. The predicted molar refractivity (Wildman–Crippen MR) is 57.1 cm³/mol. The maximum absolute atomic E-state index is 4.97. The topological polar surface area (TPSA) is 21.3 Å². The van der Waals surface area contributed by atoms with Crippen LogP contribution in [-0.4, -0.2) is 20.3 Å². The summed E-state index contributed by atoms with van der Waals surface area (Å²) in [5.74, 6) is 0. The maximum atomic E-state index is 4.97. The lowest BCUT2D eigenvalue weighted by atomic mass is 10.3. The standard InChI is InChI=1S/C10H17NOS/c1-12-7-3-2-6-11-9-10-5-4-8-13-10/h4-5,8,11H,2-3,6-7,9H2,1H3. The van der Waals surface area contributed by atoms with E-state index in [1.807, 2.05) is 0 Å². The summed E-state index contributed by atoms with van der Waals surface area (Å²) >= 11 is 1.80. The normalized spacial score (nSPS) is 10.5. The summed E-state index contributed by atoms with van der Waals surface area (Å²) in [5.41, 5.74) is 0. The molecule has 1 aromatic heterocycles. The second-order valence-corrected chi connectivity index (χ2v) is 3.99. The summed E-state index contributed by atoms with van der Waals surface area (Å²) in [5, 5.41) is 5.51. The summed E-state index contributed by atoms with van der Waals surface area (Å²) in [6.45, 7) is 2.96. The van der Waals surface area contributed by atoms with Crippen molar-refractivity contribution in [3.63, 3.8) is 0 Å². The van der Waals surface area contributed by atoms with Crippen LogP contribution in [0.3, 0.4) is 0 Å². The molecule has 0 aliphatic carbocycles. The van der Waals surface area contributed by atoms with Crippen LogP contribution in [0.5, 0.6) is 0 Å². The van der Waals surface area contributed by atoms with Crippen LogP contribution in [-0.2, 0) is 11.3 Å². The number of nitrogens with one attached hydrogen (secondary N) is 1. The van der Waals surface area contributed by atoms with E-state index in [4.69, 9.17) is 4.74 Å². The SMILES string of the molecule is COCCCCNCc1cccs1. The lowest BCUT2D eigenvalue weighted by molar-refractivity contribution is 0.192. The van der Waals surface area contributed by atoms with Crippen molar-refractivity contribution in [1.82, 2.24) is 5.32 Å². The van der Waals surface area contributed by atoms with Crippen molar-refractivity contribution in [3.8, 4) is 0 Å². The molecule has 0 radical (unpaired) electrons.